The molecular formula is C19H19N5O. The van der Waals surface area contributed by atoms with Gasteiger partial charge in [0.05, 0.1) is 0 Å². The Bertz CT molecular complexity index is 806. The highest BCUT2D eigenvalue weighted by molar-refractivity contribution is 5.92. The highest BCUT2D eigenvalue weighted by atomic mass is 16.2. The first-order valence-electron chi connectivity index (χ1n) is 8.02. The number of pyridine rings is 1. The lowest BCUT2D eigenvalue weighted by molar-refractivity contribution is 0.0789. The molecule has 126 valence electrons. The third-order valence-corrected chi connectivity index (χ3v) is 3.76. The standard InChI is InChI=1S/C19H19N5O/c1-24(14-11-15-9-12-20-13-10-15)19(25)17-7-8-18(23-22-17)21-16-5-3-2-4-6-16/h2-10,12-13H,11,14H2,1H3,(H,21,23). The van der Waals surface area contributed by atoms with Gasteiger partial charge in [-0.15, -0.1) is 10.2 Å². The van der Waals surface area contributed by atoms with Crippen molar-refractivity contribution < 1.29 is 4.79 Å². The van der Waals surface area contributed by atoms with Gasteiger partial charge in [-0.1, -0.05) is 18.2 Å². The van der Waals surface area contributed by atoms with Crippen LogP contribution in [0.3, 0.4) is 0 Å². The number of benzene rings is 1. The van der Waals surface area contributed by atoms with Gasteiger partial charge in [0.1, 0.15) is 0 Å². The first-order chi connectivity index (χ1) is 12.2. The molecular weight excluding hydrogens is 314 g/mol. The summed E-state index contributed by atoms with van der Waals surface area (Å²) in [5.74, 6) is 0.454. The second-order valence-electron chi connectivity index (χ2n) is 5.63. The Hall–Kier alpha value is -3.28. The van der Waals surface area contributed by atoms with Crippen molar-refractivity contribution in [3.63, 3.8) is 0 Å². The second-order valence-corrected chi connectivity index (χ2v) is 5.63. The van der Waals surface area contributed by atoms with Crippen LogP contribution in [0.4, 0.5) is 11.5 Å². The predicted octanol–water partition coefficient (Wildman–Crippen LogP) is 2.93. The molecule has 1 aromatic carbocycles. The molecule has 2 aromatic heterocycles. The fourth-order valence-electron chi connectivity index (χ4n) is 2.33. The molecule has 0 unspecified atom stereocenters. The normalized spacial score (nSPS) is 10.3. The van der Waals surface area contributed by atoms with E-state index in [2.05, 4.69) is 20.5 Å². The zero-order valence-electron chi connectivity index (χ0n) is 14.0. The van der Waals surface area contributed by atoms with E-state index in [0.717, 1.165) is 17.7 Å². The first kappa shape index (κ1) is 16.6. The van der Waals surface area contributed by atoms with E-state index in [1.165, 1.54) is 0 Å². The lowest BCUT2D eigenvalue weighted by atomic mass is 10.2. The Kier molecular flexibility index (Phi) is 5.31. The minimum absolute atomic E-state index is 0.146. The van der Waals surface area contributed by atoms with Gasteiger partial charge in [-0.2, -0.15) is 0 Å². The summed E-state index contributed by atoms with van der Waals surface area (Å²) in [5.41, 5.74) is 2.39. The molecule has 0 fully saturated rings. The molecule has 1 amide bonds. The number of para-hydroxylation sites is 1. The highest BCUT2D eigenvalue weighted by Gasteiger charge is 2.13. The number of amides is 1. The number of nitrogens with one attached hydrogen (secondary N) is 1. The lowest BCUT2D eigenvalue weighted by Gasteiger charge is -2.16. The summed E-state index contributed by atoms with van der Waals surface area (Å²) in [6.45, 7) is 0.606. The largest absolute Gasteiger partial charge is 0.340 e. The summed E-state index contributed by atoms with van der Waals surface area (Å²) >= 11 is 0. The highest BCUT2D eigenvalue weighted by Crippen LogP contribution is 2.13. The van der Waals surface area contributed by atoms with E-state index in [4.69, 9.17) is 0 Å². The number of carbonyl (C=O) groups is 1. The zero-order valence-corrected chi connectivity index (χ0v) is 14.0. The van der Waals surface area contributed by atoms with Gasteiger partial charge in [0, 0.05) is 31.7 Å². The molecule has 3 aromatic rings. The number of nitrogens with zero attached hydrogens (tertiary/aromatic N) is 4. The average molecular weight is 333 g/mol. The molecule has 0 atom stereocenters. The minimum atomic E-state index is -0.146. The number of likely N-dealkylation sites (N-methyl/N-ethyl adjacent to an activating group) is 1. The molecule has 0 spiro atoms. The molecule has 2 heterocycles. The van der Waals surface area contributed by atoms with Crippen molar-refractivity contribution in [2.24, 2.45) is 0 Å². The molecule has 0 saturated heterocycles. The van der Waals surface area contributed by atoms with Gasteiger partial charge >= 0.3 is 0 Å². The van der Waals surface area contributed by atoms with Crippen LogP contribution in [-0.4, -0.2) is 39.6 Å². The predicted molar refractivity (Wildman–Crippen MR) is 96.7 cm³/mol. The Balaban J connectivity index is 1.58. The lowest BCUT2D eigenvalue weighted by Crippen LogP contribution is -2.29. The minimum Gasteiger partial charge on any atom is -0.340 e. The van der Waals surface area contributed by atoms with Crippen LogP contribution in [-0.2, 0) is 6.42 Å². The van der Waals surface area contributed by atoms with Crippen LogP contribution in [0.15, 0.2) is 67.0 Å². The van der Waals surface area contributed by atoms with Crippen molar-refractivity contribution in [1.82, 2.24) is 20.1 Å². The third kappa shape index (κ3) is 4.60. The van der Waals surface area contributed by atoms with Crippen molar-refractivity contribution in [2.45, 2.75) is 6.42 Å². The van der Waals surface area contributed by atoms with Crippen LogP contribution in [0.5, 0.6) is 0 Å². The van der Waals surface area contributed by atoms with Crippen molar-refractivity contribution in [2.75, 3.05) is 18.9 Å². The van der Waals surface area contributed by atoms with E-state index in [0.29, 0.717) is 18.1 Å². The Morgan fingerprint density at radius 2 is 1.76 bits per heavy atom. The summed E-state index contributed by atoms with van der Waals surface area (Å²) in [4.78, 5) is 18.1. The quantitative estimate of drug-likeness (QED) is 0.751. The maximum atomic E-state index is 12.4. The fraction of sp³-hybridized carbons (Fsp3) is 0.158. The van der Waals surface area contributed by atoms with Crippen molar-refractivity contribution >= 4 is 17.4 Å². The second kappa shape index (κ2) is 8.01. The van der Waals surface area contributed by atoms with Gasteiger partial charge in [-0.05, 0) is 48.4 Å². The van der Waals surface area contributed by atoms with Gasteiger partial charge < -0.3 is 10.2 Å². The van der Waals surface area contributed by atoms with Gasteiger partial charge in [0.15, 0.2) is 11.5 Å². The summed E-state index contributed by atoms with van der Waals surface area (Å²) in [6.07, 6.45) is 4.27. The number of aromatic nitrogens is 3. The van der Waals surface area contributed by atoms with E-state index in [-0.39, 0.29) is 5.91 Å². The molecule has 0 bridgehead atoms. The van der Waals surface area contributed by atoms with Crippen molar-refractivity contribution in [3.05, 3.63) is 78.2 Å². The van der Waals surface area contributed by atoms with Crippen LogP contribution in [0.25, 0.3) is 0 Å². The summed E-state index contributed by atoms with van der Waals surface area (Å²) < 4.78 is 0. The average Bonchev–Trinajstić information content (AvgIpc) is 2.68. The molecule has 0 radical (unpaired) electrons. The van der Waals surface area contributed by atoms with E-state index in [1.54, 1.807) is 36.5 Å². The summed E-state index contributed by atoms with van der Waals surface area (Å²) in [7, 11) is 1.77. The van der Waals surface area contributed by atoms with Crippen molar-refractivity contribution in [3.8, 4) is 0 Å². The molecule has 6 heteroatoms. The molecule has 0 saturated carbocycles. The monoisotopic (exact) mass is 333 g/mol. The van der Waals surface area contributed by atoms with Gasteiger partial charge in [-0.25, -0.2) is 0 Å². The number of hydrogen-bond donors (Lipinski definition) is 1. The molecule has 0 aliphatic carbocycles. The molecule has 25 heavy (non-hydrogen) atoms. The van der Waals surface area contributed by atoms with Gasteiger partial charge in [-0.3, -0.25) is 9.78 Å². The van der Waals surface area contributed by atoms with Gasteiger partial charge in [0.25, 0.3) is 5.91 Å². The SMILES string of the molecule is CN(CCc1ccncc1)C(=O)c1ccc(Nc2ccccc2)nn1. The molecule has 0 aliphatic heterocycles. The smallest absolute Gasteiger partial charge is 0.274 e. The van der Waals surface area contributed by atoms with E-state index < -0.39 is 0 Å². The Morgan fingerprint density at radius 3 is 2.44 bits per heavy atom. The molecule has 1 N–H and O–H groups in total. The molecule has 3 rings (SSSR count). The first-order valence-corrected chi connectivity index (χ1v) is 8.02. The Labute approximate surface area is 146 Å². The van der Waals surface area contributed by atoms with Crippen LogP contribution >= 0.6 is 0 Å². The van der Waals surface area contributed by atoms with Crippen LogP contribution in [0, 0.1) is 0 Å². The number of rotatable bonds is 6. The molecule has 0 aliphatic rings. The summed E-state index contributed by atoms with van der Waals surface area (Å²) in [5, 5.41) is 11.3. The van der Waals surface area contributed by atoms with E-state index in [9.17, 15) is 4.79 Å². The van der Waals surface area contributed by atoms with E-state index >= 15 is 0 Å². The fourth-order valence-corrected chi connectivity index (χ4v) is 2.33. The maximum absolute atomic E-state index is 12.4. The van der Waals surface area contributed by atoms with Crippen molar-refractivity contribution in [1.29, 1.82) is 0 Å². The number of hydrogen-bond acceptors (Lipinski definition) is 5. The van der Waals surface area contributed by atoms with Crippen LogP contribution < -0.4 is 5.32 Å². The topological polar surface area (TPSA) is 71.0 Å². The molecule has 6 nitrogen and oxygen atoms in total. The van der Waals surface area contributed by atoms with Gasteiger partial charge in [0.2, 0.25) is 0 Å². The Morgan fingerprint density at radius 1 is 1.00 bits per heavy atom. The van der Waals surface area contributed by atoms with Crippen LogP contribution in [0.2, 0.25) is 0 Å². The number of anilines is 2. The maximum Gasteiger partial charge on any atom is 0.274 e. The number of carbonyl (C=O) groups excluding carboxylic acids is 1. The van der Waals surface area contributed by atoms with Crippen LogP contribution in [0.1, 0.15) is 16.1 Å². The van der Waals surface area contributed by atoms with E-state index in [1.807, 2.05) is 42.5 Å². The summed E-state index contributed by atoms with van der Waals surface area (Å²) in [6, 6.07) is 17.0. The zero-order chi connectivity index (χ0) is 17.5. The third-order valence-electron chi connectivity index (χ3n) is 3.76.